The molecular formula is C43H51F3N6O4. The standard InChI is InChI=1S/C43H51F3N6O4/c1-30(2-11-42(55)49-29-54)48-25-37-22-38(8-4-36(37)27-53)52-18-16-50(17-19-52)26-31-20-32(21-31)28-56-40-9-5-33(6-10-40)34-12-14-51(15-13-34)39-7-3-35(24-47)41(23-39)43(44,45)46/h3-10,22-23,27,29-32,34,48H,2,11-21,25-26,28H2,1H3,(H,49,54,55). The number of nitriles is 1. The largest absolute Gasteiger partial charge is 0.493 e. The summed E-state index contributed by atoms with van der Waals surface area (Å²) < 4.78 is 46.6. The van der Waals surface area contributed by atoms with Crippen LogP contribution in [0.5, 0.6) is 5.75 Å². The number of piperazine rings is 1. The molecule has 2 aliphatic heterocycles. The molecule has 6 rings (SSSR count). The zero-order valence-corrected chi connectivity index (χ0v) is 31.9. The molecule has 3 aliphatic rings. The second kappa shape index (κ2) is 18.8. The van der Waals surface area contributed by atoms with Gasteiger partial charge in [-0.25, -0.2) is 0 Å². The molecule has 2 heterocycles. The molecule has 1 saturated carbocycles. The van der Waals surface area contributed by atoms with Crippen molar-refractivity contribution in [3.05, 3.63) is 88.5 Å². The van der Waals surface area contributed by atoms with Crippen molar-refractivity contribution in [2.45, 2.75) is 70.1 Å². The van der Waals surface area contributed by atoms with Crippen LogP contribution >= 0.6 is 0 Å². The molecule has 0 bridgehead atoms. The van der Waals surface area contributed by atoms with E-state index in [4.69, 9.17) is 10.00 Å². The third kappa shape index (κ3) is 10.7. The quantitative estimate of drug-likeness (QED) is 0.157. The number of piperidine rings is 1. The van der Waals surface area contributed by atoms with E-state index in [1.165, 1.54) is 11.6 Å². The summed E-state index contributed by atoms with van der Waals surface area (Å²) in [5.74, 6) is 2.10. The molecule has 2 saturated heterocycles. The first-order valence-electron chi connectivity index (χ1n) is 19.6. The molecule has 3 aromatic carbocycles. The fourth-order valence-corrected chi connectivity index (χ4v) is 8.22. The molecule has 3 aromatic rings. The minimum atomic E-state index is -4.56. The van der Waals surface area contributed by atoms with Crippen LogP contribution in [0.2, 0.25) is 0 Å². The van der Waals surface area contributed by atoms with Gasteiger partial charge in [-0.1, -0.05) is 12.1 Å². The number of imide groups is 1. The number of benzene rings is 3. The first kappa shape index (κ1) is 40.7. The van der Waals surface area contributed by atoms with Crippen LogP contribution < -0.4 is 25.2 Å². The Morgan fingerprint density at radius 3 is 2.27 bits per heavy atom. The molecule has 3 fully saturated rings. The topological polar surface area (TPSA) is 118 Å². The Hall–Kier alpha value is -4.93. The van der Waals surface area contributed by atoms with Gasteiger partial charge in [-0.2, -0.15) is 18.4 Å². The normalized spacial score (nSPS) is 19.8. The summed E-state index contributed by atoms with van der Waals surface area (Å²) in [6.45, 7) is 9.40. The van der Waals surface area contributed by atoms with Crippen molar-refractivity contribution in [1.82, 2.24) is 15.5 Å². The van der Waals surface area contributed by atoms with Gasteiger partial charge in [-0.05, 0) is 116 Å². The number of hydrogen-bond acceptors (Lipinski definition) is 9. The second-order valence-electron chi connectivity index (χ2n) is 15.5. The molecule has 56 heavy (non-hydrogen) atoms. The third-order valence-corrected chi connectivity index (χ3v) is 11.6. The highest BCUT2D eigenvalue weighted by Crippen LogP contribution is 2.38. The zero-order valence-electron chi connectivity index (χ0n) is 31.9. The molecule has 0 radical (unpaired) electrons. The number of rotatable bonds is 16. The molecule has 298 valence electrons. The van der Waals surface area contributed by atoms with Crippen LogP contribution in [0.3, 0.4) is 0 Å². The number of hydrogen-bond donors (Lipinski definition) is 2. The van der Waals surface area contributed by atoms with Gasteiger partial charge in [0, 0.05) is 81.8 Å². The lowest BCUT2D eigenvalue weighted by molar-refractivity contribution is -0.137. The predicted molar refractivity (Wildman–Crippen MR) is 209 cm³/mol. The van der Waals surface area contributed by atoms with Crippen LogP contribution in [0.1, 0.15) is 84.0 Å². The van der Waals surface area contributed by atoms with E-state index in [9.17, 15) is 27.6 Å². The minimum Gasteiger partial charge on any atom is -0.493 e. The lowest BCUT2D eigenvalue weighted by Gasteiger charge is -2.42. The lowest BCUT2D eigenvalue weighted by atomic mass is 9.75. The monoisotopic (exact) mass is 772 g/mol. The van der Waals surface area contributed by atoms with Crippen molar-refractivity contribution in [2.75, 3.05) is 62.2 Å². The lowest BCUT2D eigenvalue weighted by Crippen LogP contribution is -2.49. The Bertz CT molecular complexity index is 1840. The van der Waals surface area contributed by atoms with Crippen LogP contribution in [0, 0.1) is 23.2 Å². The van der Waals surface area contributed by atoms with Crippen molar-refractivity contribution >= 4 is 30.0 Å². The smallest absolute Gasteiger partial charge is 0.417 e. The van der Waals surface area contributed by atoms with E-state index < -0.39 is 11.7 Å². The second-order valence-corrected chi connectivity index (χ2v) is 15.5. The first-order valence-corrected chi connectivity index (χ1v) is 19.6. The van der Waals surface area contributed by atoms with Crippen molar-refractivity contribution in [3.63, 3.8) is 0 Å². The van der Waals surface area contributed by atoms with Gasteiger partial charge in [0.15, 0.2) is 0 Å². The summed E-state index contributed by atoms with van der Waals surface area (Å²) in [6, 6.07) is 19.9. The highest BCUT2D eigenvalue weighted by Gasteiger charge is 2.35. The Morgan fingerprint density at radius 2 is 1.61 bits per heavy atom. The van der Waals surface area contributed by atoms with Gasteiger partial charge >= 0.3 is 6.18 Å². The van der Waals surface area contributed by atoms with Crippen LogP contribution in [-0.2, 0) is 22.3 Å². The molecule has 10 nitrogen and oxygen atoms in total. The summed E-state index contributed by atoms with van der Waals surface area (Å²) in [5, 5.41) is 14.7. The molecule has 0 aromatic heterocycles. The van der Waals surface area contributed by atoms with Crippen LogP contribution in [0.25, 0.3) is 0 Å². The Balaban J connectivity index is 0.876. The number of nitrogens with one attached hydrogen (secondary N) is 2. The number of halogens is 3. The summed E-state index contributed by atoms with van der Waals surface area (Å²) in [4.78, 5) is 40.7. The van der Waals surface area contributed by atoms with Crippen molar-refractivity contribution in [1.29, 1.82) is 5.26 Å². The first-order chi connectivity index (χ1) is 27.0. The summed E-state index contributed by atoms with van der Waals surface area (Å²) in [5.41, 5.74) is 3.17. The predicted octanol–water partition coefficient (Wildman–Crippen LogP) is 6.53. The van der Waals surface area contributed by atoms with Gasteiger partial charge in [0.05, 0.1) is 23.8 Å². The Morgan fingerprint density at radius 1 is 0.929 bits per heavy atom. The maximum Gasteiger partial charge on any atom is 0.417 e. The van der Waals surface area contributed by atoms with E-state index in [0.717, 1.165) is 87.8 Å². The SMILES string of the molecule is CC(CCC(=O)NC=O)NCc1cc(N2CCN(CC3CC(COc4ccc(C5CCN(c6ccc(C#N)c(C(F)(F)F)c6)CC5)cc4)C3)CC2)ccc1C=O. The zero-order chi connectivity index (χ0) is 39.7. The van der Waals surface area contributed by atoms with E-state index in [-0.39, 0.29) is 23.9 Å². The van der Waals surface area contributed by atoms with Gasteiger partial charge in [0.1, 0.15) is 12.0 Å². The van der Waals surface area contributed by atoms with E-state index in [1.54, 1.807) is 12.1 Å². The Kier molecular flexibility index (Phi) is 13.7. The van der Waals surface area contributed by atoms with E-state index >= 15 is 0 Å². The minimum absolute atomic E-state index is 0.0426. The average molecular weight is 773 g/mol. The summed E-state index contributed by atoms with van der Waals surface area (Å²) >= 11 is 0. The number of carbonyl (C=O) groups is 3. The molecule has 2 amide bonds. The van der Waals surface area contributed by atoms with Gasteiger partial charge < -0.3 is 19.9 Å². The maximum absolute atomic E-state index is 13.5. The van der Waals surface area contributed by atoms with E-state index in [0.29, 0.717) is 68.1 Å². The third-order valence-electron chi connectivity index (χ3n) is 11.6. The number of carbonyl (C=O) groups excluding carboxylic acids is 3. The number of nitrogens with zero attached hydrogens (tertiary/aromatic N) is 4. The Labute approximate surface area is 327 Å². The van der Waals surface area contributed by atoms with Gasteiger partial charge in [0.2, 0.25) is 12.3 Å². The fraction of sp³-hybridized carbons (Fsp3) is 0.488. The number of alkyl halides is 3. The molecule has 13 heteroatoms. The molecule has 0 spiro atoms. The van der Waals surface area contributed by atoms with Crippen LogP contribution in [0.15, 0.2) is 60.7 Å². The van der Waals surface area contributed by atoms with Crippen LogP contribution in [-0.4, -0.2) is 82.0 Å². The fourth-order valence-electron chi connectivity index (χ4n) is 8.22. The van der Waals surface area contributed by atoms with E-state index in [2.05, 4.69) is 38.6 Å². The van der Waals surface area contributed by atoms with Crippen molar-refractivity contribution < 1.29 is 32.3 Å². The van der Waals surface area contributed by atoms with Gasteiger partial charge in [0.25, 0.3) is 0 Å². The highest BCUT2D eigenvalue weighted by molar-refractivity contribution is 5.85. The number of aldehydes is 1. The van der Waals surface area contributed by atoms with Crippen molar-refractivity contribution in [2.24, 2.45) is 11.8 Å². The van der Waals surface area contributed by atoms with Gasteiger partial charge in [-0.3, -0.25) is 24.6 Å². The molecular weight excluding hydrogens is 722 g/mol. The number of anilines is 2. The maximum atomic E-state index is 13.5. The molecule has 1 aliphatic carbocycles. The molecule has 1 atom stereocenters. The highest BCUT2D eigenvalue weighted by atomic mass is 19.4. The van der Waals surface area contributed by atoms with Gasteiger partial charge in [-0.15, -0.1) is 0 Å². The summed E-state index contributed by atoms with van der Waals surface area (Å²) in [7, 11) is 0. The van der Waals surface area contributed by atoms with E-state index in [1.807, 2.05) is 36.1 Å². The molecule has 2 N–H and O–H groups in total. The van der Waals surface area contributed by atoms with Crippen LogP contribution in [0.4, 0.5) is 24.5 Å². The average Bonchev–Trinajstić information content (AvgIpc) is 3.20. The summed E-state index contributed by atoms with van der Waals surface area (Å²) in [6.07, 6.45) is 1.53. The molecule has 1 unspecified atom stereocenters. The number of ether oxygens (including phenoxy) is 1. The number of amides is 2. The van der Waals surface area contributed by atoms with Crippen molar-refractivity contribution in [3.8, 4) is 11.8 Å².